The van der Waals surface area contributed by atoms with Gasteiger partial charge in [0.2, 0.25) is 0 Å². The summed E-state index contributed by atoms with van der Waals surface area (Å²) < 4.78 is 11.6. The van der Waals surface area contributed by atoms with Gasteiger partial charge in [0.15, 0.2) is 0 Å². The minimum absolute atomic E-state index is 0.426. The summed E-state index contributed by atoms with van der Waals surface area (Å²) in [6, 6.07) is -0.426. The zero-order valence-electron chi connectivity index (χ0n) is 3.82. The summed E-state index contributed by atoms with van der Waals surface area (Å²) in [6.07, 6.45) is -1.12. The van der Waals surface area contributed by atoms with Gasteiger partial charge in [0.05, 0.1) is 0 Å². The molecule has 0 spiro atoms. The third kappa shape index (κ3) is 2.15. The monoisotopic (exact) mass is 90.1 g/mol. The van der Waals surface area contributed by atoms with Crippen LogP contribution in [-0.2, 0) is 0 Å². The summed E-state index contributed by atoms with van der Waals surface area (Å²) in [5, 5.41) is 0. The molecule has 0 bridgehead atoms. The third-order valence-electron chi connectivity index (χ3n) is 0.571. The van der Waals surface area contributed by atoms with Crippen LogP contribution in [0.2, 0.25) is 0 Å². The van der Waals surface area contributed by atoms with Gasteiger partial charge in [-0.1, -0.05) is 0 Å². The summed E-state index contributed by atoms with van der Waals surface area (Å²) >= 11 is 0. The second-order valence-electron chi connectivity index (χ2n) is 1.38. The van der Waals surface area contributed by atoms with Crippen LogP contribution in [-0.4, -0.2) is 12.2 Å². The van der Waals surface area contributed by atoms with E-state index < -0.39 is 12.2 Å². The van der Waals surface area contributed by atoms with Gasteiger partial charge >= 0.3 is 0 Å². The minimum atomic E-state index is -1.12. The van der Waals surface area contributed by atoms with E-state index in [4.69, 9.17) is 5.73 Å². The standard InChI is InChI=1S/C4H9FN/c1-3(5)4(2)6/h3-4H,1,6H2,2H3. The fraction of sp³-hybridized carbons (Fsp3) is 0.750. The van der Waals surface area contributed by atoms with E-state index in [2.05, 4.69) is 6.92 Å². The Labute approximate surface area is 37.3 Å². The maximum atomic E-state index is 11.6. The quantitative estimate of drug-likeness (QED) is 0.498. The van der Waals surface area contributed by atoms with Crippen molar-refractivity contribution >= 4 is 0 Å². The second kappa shape index (κ2) is 2.13. The molecule has 1 nitrogen and oxygen atoms in total. The van der Waals surface area contributed by atoms with Crippen LogP contribution in [0.4, 0.5) is 4.39 Å². The first-order valence-corrected chi connectivity index (χ1v) is 1.87. The highest BCUT2D eigenvalue weighted by molar-refractivity contribution is 4.67. The van der Waals surface area contributed by atoms with E-state index in [0.717, 1.165) is 0 Å². The SMILES string of the molecule is [CH2]C(F)C(C)N. The van der Waals surface area contributed by atoms with Crippen molar-refractivity contribution in [3.63, 3.8) is 0 Å². The van der Waals surface area contributed by atoms with Crippen molar-refractivity contribution < 1.29 is 4.39 Å². The summed E-state index contributed by atoms with van der Waals surface area (Å²) in [5.41, 5.74) is 5.00. The van der Waals surface area contributed by atoms with Crippen LogP contribution >= 0.6 is 0 Å². The maximum absolute atomic E-state index is 11.6. The highest BCUT2D eigenvalue weighted by Crippen LogP contribution is 1.89. The van der Waals surface area contributed by atoms with E-state index >= 15 is 0 Å². The fourth-order valence-electron chi connectivity index (χ4n) is 0. The average Bonchev–Trinajstić information content (AvgIpc) is 1.36. The van der Waals surface area contributed by atoms with Crippen molar-refractivity contribution in [1.82, 2.24) is 0 Å². The zero-order valence-corrected chi connectivity index (χ0v) is 3.82. The first-order valence-electron chi connectivity index (χ1n) is 1.87. The molecule has 0 rings (SSSR count). The summed E-state index contributed by atoms with van der Waals surface area (Å²) in [4.78, 5) is 0. The van der Waals surface area contributed by atoms with Crippen molar-refractivity contribution in [2.75, 3.05) is 0 Å². The molecule has 2 atom stereocenters. The molecule has 0 fully saturated rings. The molecule has 0 aromatic heterocycles. The zero-order chi connectivity index (χ0) is 5.15. The molecule has 37 valence electrons. The molecule has 0 amide bonds. The normalized spacial score (nSPS) is 20.0. The maximum Gasteiger partial charge on any atom is 0.115 e. The Kier molecular flexibility index (Phi) is 2.09. The van der Waals surface area contributed by atoms with Crippen LogP contribution in [0.3, 0.4) is 0 Å². The number of nitrogens with two attached hydrogens (primary N) is 1. The summed E-state index contributed by atoms with van der Waals surface area (Å²) in [5.74, 6) is 0. The number of hydrogen-bond donors (Lipinski definition) is 1. The molecule has 0 aromatic rings. The third-order valence-corrected chi connectivity index (χ3v) is 0.571. The molecule has 6 heavy (non-hydrogen) atoms. The van der Waals surface area contributed by atoms with E-state index in [0.29, 0.717) is 0 Å². The molecule has 2 N–H and O–H groups in total. The number of alkyl halides is 1. The lowest BCUT2D eigenvalue weighted by atomic mass is 10.3. The van der Waals surface area contributed by atoms with Crippen LogP contribution in [0, 0.1) is 6.92 Å². The molecule has 2 unspecified atom stereocenters. The van der Waals surface area contributed by atoms with Gasteiger partial charge in [0.25, 0.3) is 0 Å². The first-order chi connectivity index (χ1) is 2.64. The molecule has 0 aliphatic heterocycles. The smallest absolute Gasteiger partial charge is 0.115 e. The highest BCUT2D eigenvalue weighted by Gasteiger charge is 2.01. The van der Waals surface area contributed by atoms with Gasteiger partial charge in [-0.25, -0.2) is 4.39 Å². The van der Waals surface area contributed by atoms with Gasteiger partial charge in [-0.3, -0.25) is 0 Å². The summed E-state index contributed by atoms with van der Waals surface area (Å²) in [7, 11) is 0. The van der Waals surface area contributed by atoms with Crippen LogP contribution < -0.4 is 5.73 Å². The van der Waals surface area contributed by atoms with E-state index in [1.807, 2.05) is 0 Å². The average molecular weight is 90.1 g/mol. The van der Waals surface area contributed by atoms with E-state index in [-0.39, 0.29) is 0 Å². The Morgan fingerprint density at radius 1 is 1.83 bits per heavy atom. The van der Waals surface area contributed by atoms with E-state index in [1.165, 1.54) is 0 Å². The molecule has 0 heterocycles. The van der Waals surface area contributed by atoms with Gasteiger partial charge in [-0.05, 0) is 13.8 Å². The number of rotatable bonds is 1. The Bertz CT molecular complexity index is 28.5. The van der Waals surface area contributed by atoms with Crippen LogP contribution in [0.5, 0.6) is 0 Å². The van der Waals surface area contributed by atoms with Gasteiger partial charge < -0.3 is 5.73 Å². The Balaban J connectivity index is 2.99. The minimum Gasteiger partial charge on any atom is -0.325 e. The highest BCUT2D eigenvalue weighted by atomic mass is 19.1. The summed E-state index contributed by atoms with van der Waals surface area (Å²) in [6.45, 7) is 4.63. The molecule has 0 aliphatic carbocycles. The van der Waals surface area contributed by atoms with Crippen molar-refractivity contribution in [2.45, 2.75) is 19.1 Å². The van der Waals surface area contributed by atoms with Crippen molar-refractivity contribution in [1.29, 1.82) is 0 Å². The molecular formula is C4H9FN. The predicted octanol–water partition coefficient (Wildman–Crippen LogP) is 0.506. The van der Waals surface area contributed by atoms with Crippen molar-refractivity contribution in [2.24, 2.45) is 5.73 Å². The fourth-order valence-corrected chi connectivity index (χ4v) is 0. The van der Waals surface area contributed by atoms with Crippen molar-refractivity contribution in [3.05, 3.63) is 6.92 Å². The van der Waals surface area contributed by atoms with Crippen LogP contribution in [0.25, 0.3) is 0 Å². The molecular weight excluding hydrogens is 81.0 g/mol. The van der Waals surface area contributed by atoms with Crippen LogP contribution in [0.1, 0.15) is 6.92 Å². The lowest BCUT2D eigenvalue weighted by Gasteiger charge is -2.01. The molecule has 0 aliphatic rings. The molecule has 0 aromatic carbocycles. The van der Waals surface area contributed by atoms with Gasteiger partial charge in [0.1, 0.15) is 6.17 Å². The number of halogens is 1. The van der Waals surface area contributed by atoms with Gasteiger partial charge in [-0.2, -0.15) is 0 Å². The number of hydrogen-bond acceptors (Lipinski definition) is 1. The lowest BCUT2D eigenvalue weighted by molar-refractivity contribution is 0.350. The largest absolute Gasteiger partial charge is 0.325 e. The van der Waals surface area contributed by atoms with E-state index in [1.54, 1.807) is 6.92 Å². The van der Waals surface area contributed by atoms with Gasteiger partial charge in [-0.15, -0.1) is 0 Å². The molecule has 0 saturated carbocycles. The van der Waals surface area contributed by atoms with Crippen LogP contribution in [0.15, 0.2) is 0 Å². The predicted molar refractivity (Wildman–Crippen MR) is 23.9 cm³/mol. The first kappa shape index (κ1) is 5.89. The Morgan fingerprint density at radius 3 is 2.00 bits per heavy atom. The van der Waals surface area contributed by atoms with Crippen molar-refractivity contribution in [3.8, 4) is 0 Å². The van der Waals surface area contributed by atoms with Gasteiger partial charge in [0, 0.05) is 6.04 Å². The Hall–Kier alpha value is -0.110. The topological polar surface area (TPSA) is 26.0 Å². The van der Waals surface area contributed by atoms with E-state index in [9.17, 15) is 4.39 Å². The molecule has 0 saturated heterocycles. The lowest BCUT2D eigenvalue weighted by Crippen LogP contribution is -2.25. The Morgan fingerprint density at radius 2 is 2.00 bits per heavy atom. The molecule has 1 radical (unpaired) electrons. The second-order valence-corrected chi connectivity index (χ2v) is 1.38. The molecule has 2 heteroatoms.